The molecule has 0 atom stereocenters. The SMILES string of the molecule is CC(C)N(CC(N)=O)Cc1ccoc1C(=O)NN. The van der Waals surface area contributed by atoms with Crippen LogP contribution in [0.2, 0.25) is 0 Å². The molecule has 100 valence electrons. The minimum atomic E-state index is -0.502. The van der Waals surface area contributed by atoms with Crippen molar-refractivity contribution in [1.29, 1.82) is 0 Å². The summed E-state index contributed by atoms with van der Waals surface area (Å²) in [6.45, 7) is 4.38. The van der Waals surface area contributed by atoms with Crippen molar-refractivity contribution < 1.29 is 14.0 Å². The van der Waals surface area contributed by atoms with Crippen molar-refractivity contribution in [1.82, 2.24) is 10.3 Å². The van der Waals surface area contributed by atoms with Gasteiger partial charge in [-0.3, -0.25) is 19.9 Å². The number of hydrogen-bond acceptors (Lipinski definition) is 5. The number of hydrogen-bond donors (Lipinski definition) is 3. The zero-order chi connectivity index (χ0) is 13.7. The predicted octanol–water partition coefficient (Wildman–Crippen LogP) is -0.421. The summed E-state index contributed by atoms with van der Waals surface area (Å²) in [6.07, 6.45) is 1.41. The van der Waals surface area contributed by atoms with Crippen LogP contribution in [-0.4, -0.2) is 29.3 Å². The quantitative estimate of drug-likeness (QED) is 0.362. The second kappa shape index (κ2) is 6.18. The third-order valence-electron chi connectivity index (χ3n) is 2.55. The molecule has 1 aromatic rings. The van der Waals surface area contributed by atoms with Crippen LogP contribution in [0.1, 0.15) is 30.0 Å². The van der Waals surface area contributed by atoms with Gasteiger partial charge in [-0.25, -0.2) is 5.84 Å². The lowest BCUT2D eigenvalue weighted by Crippen LogP contribution is -2.38. The molecular weight excluding hydrogens is 236 g/mol. The lowest BCUT2D eigenvalue weighted by molar-refractivity contribution is -0.119. The summed E-state index contributed by atoms with van der Waals surface area (Å²) in [5.74, 6) is 4.28. The Hall–Kier alpha value is -1.86. The smallest absolute Gasteiger partial charge is 0.301 e. The van der Waals surface area contributed by atoms with E-state index in [1.54, 1.807) is 6.07 Å². The Labute approximate surface area is 105 Å². The van der Waals surface area contributed by atoms with E-state index in [0.717, 1.165) is 0 Å². The third kappa shape index (κ3) is 3.57. The Balaban J connectivity index is 2.84. The van der Waals surface area contributed by atoms with Crippen molar-refractivity contribution in [3.8, 4) is 0 Å². The summed E-state index contributed by atoms with van der Waals surface area (Å²) in [5, 5.41) is 0. The molecule has 7 nitrogen and oxygen atoms in total. The monoisotopic (exact) mass is 254 g/mol. The first-order valence-corrected chi connectivity index (χ1v) is 5.55. The molecule has 0 fully saturated rings. The normalized spacial score (nSPS) is 10.9. The second-order valence-electron chi connectivity index (χ2n) is 4.21. The lowest BCUT2D eigenvalue weighted by atomic mass is 10.2. The first kappa shape index (κ1) is 14.2. The van der Waals surface area contributed by atoms with E-state index in [0.29, 0.717) is 12.1 Å². The summed E-state index contributed by atoms with van der Waals surface area (Å²) >= 11 is 0. The Kier molecular flexibility index (Phi) is 4.87. The molecule has 0 spiro atoms. The molecule has 2 amide bonds. The van der Waals surface area contributed by atoms with Gasteiger partial charge in [0, 0.05) is 18.2 Å². The average Bonchev–Trinajstić information content (AvgIpc) is 2.74. The average molecular weight is 254 g/mol. The van der Waals surface area contributed by atoms with E-state index in [9.17, 15) is 9.59 Å². The molecule has 18 heavy (non-hydrogen) atoms. The summed E-state index contributed by atoms with van der Waals surface area (Å²) in [4.78, 5) is 24.2. The number of rotatable bonds is 6. The van der Waals surface area contributed by atoms with E-state index in [1.165, 1.54) is 6.26 Å². The van der Waals surface area contributed by atoms with Crippen LogP contribution in [0.5, 0.6) is 0 Å². The third-order valence-corrected chi connectivity index (χ3v) is 2.55. The van der Waals surface area contributed by atoms with Crippen LogP contribution in [0.3, 0.4) is 0 Å². The Bertz CT molecular complexity index is 428. The zero-order valence-electron chi connectivity index (χ0n) is 10.5. The maximum absolute atomic E-state index is 11.4. The number of nitrogens with two attached hydrogens (primary N) is 2. The Morgan fingerprint density at radius 3 is 2.67 bits per heavy atom. The molecule has 0 saturated carbocycles. The van der Waals surface area contributed by atoms with Gasteiger partial charge in [0.2, 0.25) is 5.91 Å². The van der Waals surface area contributed by atoms with Gasteiger partial charge in [-0.1, -0.05) is 0 Å². The summed E-state index contributed by atoms with van der Waals surface area (Å²) in [7, 11) is 0. The van der Waals surface area contributed by atoms with Gasteiger partial charge in [0.25, 0.3) is 0 Å². The first-order valence-electron chi connectivity index (χ1n) is 5.55. The predicted molar refractivity (Wildman–Crippen MR) is 65.1 cm³/mol. The number of hydrazine groups is 1. The first-order chi connectivity index (χ1) is 8.45. The van der Waals surface area contributed by atoms with Crippen molar-refractivity contribution in [2.45, 2.75) is 26.4 Å². The van der Waals surface area contributed by atoms with Crippen LogP contribution in [0.4, 0.5) is 0 Å². The highest BCUT2D eigenvalue weighted by Crippen LogP contribution is 2.14. The van der Waals surface area contributed by atoms with Crippen LogP contribution in [0, 0.1) is 0 Å². The topological polar surface area (TPSA) is 115 Å². The molecule has 1 rings (SSSR count). The summed E-state index contributed by atoms with van der Waals surface area (Å²) < 4.78 is 5.07. The molecule has 5 N–H and O–H groups in total. The Morgan fingerprint density at radius 2 is 2.17 bits per heavy atom. The molecule has 0 aliphatic carbocycles. The van der Waals surface area contributed by atoms with Crippen molar-refractivity contribution in [3.05, 3.63) is 23.7 Å². The highest BCUT2D eigenvalue weighted by Gasteiger charge is 2.19. The van der Waals surface area contributed by atoms with E-state index in [-0.39, 0.29) is 18.3 Å². The second-order valence-corrected chi connectivity index (χ2v) is 4.21. The van der Waals surface area contributed by atoms with E-state index in [1.807, 2.05) is 24.2 Å². The number of primary amides is 1. The van der Waals surface area contributed by atoms with Gasteiger partial charge in [-0.05, 0) is 19.9 Å². The van der Waals surface area contributed by atoms with Gasteiger partial charge in [0.15, 0.2) is 5.76 Å². The minimum Gasteiger partial charge on any atom is -0.459 e. The fourth-order valence-electron chi connectivity index (χ4n) is 1.56. The molecule has 0 unspecified atom stereocenters. The fraction of sp³-hybridized carbons (Fsp3) is 0.455. The zero-order valence-corrected chi connectivity index (χ0v) is 10.5. The maximum atomic E-state index is 11.4. The van der Waals surface area contributed by atoms with Gasteiger partial charge < -0.3 is 10.2 Å². The number of nitrogen functional groups attached to an aromatic ring is 1. The van der Waals surface area contributed by atoms with Crippen molar-refractivity contribution in [2.75, 3.05) is 6.54 Å². The van der Waals surface area contributed by atoms with Crippen LogP contribution in [0.25, 0.3) is 0 Å². The molecular formula is C11H18N4O3. The number of nitrogens with zero attached hydrogens (tertiary/aromatic N) is 1. The molecule has 0 saturated heterocycles. The standard InChI is InChI=1S/C11H18N4O3/c1-7(2)15(6-9(12)16)5-8-3-4-18-10(8)11(17)14-13/h3-4,7H,5-6,13H2,1-2H3,(H2,12,16)(H,14,17). The van der Waals surface area contributed by atoms with Crippen LogP contribution in [0.15, 0.2) is 16.7 Å². The van der Waals surface area contributed by atoms with Crippen molar-refractivity contribution >= 4 is 11.8 Å². The summed E-state index contributed by atoms with van der Waals surface area (Å²) in [5.41, 5.74) is 7.85. The highest BCUT2D eigenvalue weighted by atomic mass is 16.3. The molecule has 0 aliphatic heterocycles. The number of amides is 2. The number of nitrogens with one attached hydrogen (secondary N) is 1. The fourth-order valence-corrected chi connectivity index (χ4v) is 1.56. The number of furan rings is 1. The molecule has 1 aromatic heterocycles. The molecule has 0 bridgehead atoms. The van der Waals surface area contributed by atoms with Gasteiger partial charge in [-0.15, -0.1) is 0 Å². The molecule has 0 aliphatic rings. The van der Waals surface area contributed by atoms with Crippen LogP contribution >= 0.6 is 0 Å². The lowest BCUT2D eigenvalue weighted by Gasteiger charge is -2.24. The van der Waals surface area contributed by atoms with Crippen molar-refractivity contribution in [3.63, 3.8) is 0 Å². The van der Waals surface area contributed by atoms with Gasteiger partial charge in [0.1, 0.15) is 0 Å². The maximum Gasteiger partial charge on any atom is 0.301 e. The Morgan fingerprint density at radius 1 is 1.50 bits per heavy atom. The molecule has 1 heterocycles. The minimum absolute atomic E-state index is 0.112. The number of carbonyl (C=O) groups excluding carboxylic acids is 2. The van der Waals surface area contributed by atoms with Gasteiger partial charge in [0.05, 0.1) is 12.8 Å². The summed E-state index contributed by atoms with van der Waals surface area (Å²) in [6, 6.07) is 1.78. The van der Waals surface area contributed by atoms with Gasteiger partial charge >= 0.3 is 5.91 Å². The van der Waals surface area contributed by atoms with Crippen LogP contribution in [-0.2, 0) is 11.3 Å². The van der Waals surface area contributed by atoms with E-state index in [2.05, 4.69) is 0 Å². The van der Waals surface area contributed by atoms with E-state index >= 15 is 0 Å². The van der Waals surface area contributed by atoms with E-state index in [4.69, 9.17) is 16.0 Å². The molecule has 0 aromatic carbocycles. The highest BCUT2D eigenvalue weighted by molar-refractivity contribution is 5.92. The van der Waals surface area contributed by atoms with Gasteiger partial charge in [-0.2, -0.15) is 0 Å². The van der Waals surface area contributed by atoms with Crippen LogP contribution < -0.4 is 17.0 Å². The molecule has 7 heteroatoms. The van der Waals surface area contributed by atoms with E-state index < -0.39 is 11.8 Å². The number of carbonyl (C=O) groups is 2. The largest absolute Gasteiger partial charge is 0.459 e. The molecule has 0 radical (unpaired) electrons. The van der Waals surface area contributed by atoms with Crippen molar-refractivity contribution in [2.24, 2.45) is 11.6 Å².